The van der Waals surface area contributed by atoms with Crippen LogP contribution in [0.15, 0.2) is 0 Å². The summed E-state index contributed by atoms with van der Waals surface area (Å²) in [5.74, 6) is -6.43. The van der Waals surface area contributed by atoms with Crippen LogP contribution in [0.5, 0.6) is 0 Å². The average Bonchev–Trinajstić information content (AvgIpc) is 2.87. The molecule has 0 aromatic heterocycles. The molecule has 0 saturated carbocycles. The van der Waals surface area contributed by atoms with Crippen LogP contribution in [0.1, 0.15) is 52.4 Å². The van der Waals surface area contributed by atoms with Crippen molar-refractivity contribution in [3.05, 3.63) is 0 Å². The zero-order valence-electron chi connectivity index (χ0n) is 22.5. The molecule has 0 aromatic rings. The second-order valence-corrected chi connectivity index (χ2v) is 16.7. The van der Waals surface area contributed by atoms with E-state index in [1.54, 1.807) is 0 Å². The van der Waals surface area contributed by atoms with Crippen LogP contribution < -0.4 is 22.1 Å². The van der Waals surface area contributed by atoms with Crippen LogP contribution >= 0.6 is 0 Å². The molecule has 0 radical (unpaired) electrons. The third kappa shape index (κ3) is 18.0. The second-order valence-electron chi connectivity index (χ2n) is 9.18. The van der Waals surface area contributed by atoms with Gasteiger partial charge in [0.05, 0.1) is 0 Å². The van der Waals surface area contributed by atoms with Crippen molar-refractivity contribution in [2.45, 2.75) is 75.1 Å². The van der Waals surface area contributed by atoms with E-state index in [2.05, 4.69) is 10.6 Å². The van der Waals surface area contributed by atoms with Crippen LogP contribution in [-0.2, 0) is 38.4 Å². The van der Waals surface area contributed by atoms with Crippen molar-refractivity contribution in [2.75, 3.05) is 13.1 Å². The molecule has 0 aliphatic carbocycles. The molecule has 4 unspecified atom stereocenters. The predicted molar refractivity (Wildman–Crippen MR) is 144 cm³/mol. The average molecular weight is 701 g/mol. The molecule has 0 fully saturated rings. The van der Waals surface area contributed by atoms with E-state index in [4.69, 9.17) is 21.7 Å². The van der Waals surface area contributed by atoms with Crippen LogP contribution in [0.2, 0.25) is 10.6 Å². The molecule has 0 bridgehead atoms. The van der Waals surface area contributed by atoms with Gasteiger partial charge in [-0.2, -0.15) is 0 Å². The number of aliphatic carboxylic acids is 2. The molecule has 40 heavy (non-hydrogen) atoms. The van der Waals surface area contributed by atoms with Gasteiger partial charge in [0.15, 0.2) is 0 Å². The van der Waals surface area contributed by atoms with Crippen molar-refractivity contribution in [1.29, 1.82) is 0 Å². The van der Waals surface area contributed by atoms with Gasteiger partial charge in [0.2, 0.25) is 0 Å². The number of carbonyl (C=O) groups excluding carboxylic acids is 6. The number of carboxylic acid groups (broad SMARTS) is 2. The van der Waals surface area contributed by atoms with Crippen molar-refractivity contribution in [2.24, 2.45) is 23.3 Å². The maximum atomic E-state index is 12.5. The fourth-order valence-corrected chi connectivity index (χ4v) is 11.0. The number of nitrogens with one attached hydrogen (secondary N) is 2. The Morgan fingerprint density at radius 3 is 1.25 bits per heavy atom. The number of carboxylic acids is 2. The van der Waals surface area contributed by atoms with Gasteiger partial charge in [-0.05, 0) is 0 Å². The van der Waals surface area contributed by atoms with E-state index >= 15 is 0 Å². The molecular formula is C24H38N4O10Se2. The molecule has 0 aliphatic rings. The molecule has 0 saturated heterocycles. The summed E-state index contributed by atoms with van der Waals surface area (Å²) in [6, 6.07) is -1.58. The number of hydrogen-bond donors (Lipinski definition) is 6. The number of rotatable bonds is 23. The summed E-state index contributed by atoms with van der Waals surface area (Å²) in [7, 11) is 0. The molecule has 14 nitrogen and oxygen atoms in total. The zero-order valence-corrected chi connectivity index (χ0v) is 25.9. The van der Waals surface area contributed by atoms with Gasteiger partial charge in [0, 0.05) is 0 Å². The summed E-state index contributed by atoms with van der Waals surface area (Å²) in [4.78, 5) is 94.2. The topological polar surface area (TPSA) is 253 Å². The molecule has 226 valence electrons. The van der Waals surface area contributed by atoms with Gasteiger partial charge < -0.3 is 0 Å². The van der Waals surface area contributed by atoms with E-state index in [0.717, 1.165) is 0 Å². The molecule has 8 N–H and O–H groups in total. The van der Waals surface area contributed by atoms with Gasteiger partial charge in [-0.1, -0.05) is 0 Å². The third-order valence-electron chi connectivity index (χ3n) is 5.65. The van der Waals surface area contributed by atoms with E-state index in [1.807, 2.05) is 0 Å². The molecule has 0 aromatic carbocycles. The van der Waals surface area contributed by atoms with E-state index in [1.165, 1.54) is 13.8 Å². The van der Waals surface area contributed by atoms with Crippen molar-refractivity contribution in [3.63, 3.8) is 0 Å². The van der Waals surface area contributed by atoms with Gasteiger partial charge >= 0.3 is 244 Å². The summed E-state index contributed by atoms with van der Waals surface area (Å²) < 4.78 is 0. The molecule has 16 heteroatoms. The van der Waals surface area contributed by atoms with Gasteiger partial charge in [-0.25, -0.2) is 0 Å². The van der Waals surface area contributed by atoms with Crippen LogP contribution in [0, 0.1) is 11.8 Å². The van der Waals surface area contributed by atoms with Crippen LogP contribution in [0.4, 0.5) is 0 Å². The van der Waals surface area contributed by atoms with E-state index < -0.39 is 60.8 Å². The first-order valence-corrected chi connectivity index (χ1v) is 19.2. The molecule has 0 heterocycles. The second kappa shape index (κ2) is 20.4. The first kappa shape index (κ1) is 37.5. The molecule has 0 aliphatic heterocycles. The van der Waals surface area contributed by atoms with E-state index in [-0.39, 0.29) is 98.6 Å². The Morgan fingerprint density at radius 2 is 0.975 bits per heavy atom. The van der Waals surface area contributed by atoms with Crippen molar-refractivity contribution >= 4 is 73.1 Å². The Morgan fingerprint density at radius 1 is 0.650 bits per heavy atom. The minimum atomic E-state index is -1.25. The number of amides is 2. The molecule has 0 spiro atoms. The number of hydrogen-bond acceptors (Lipinski definition) is 10. The monoisotopic (exact) mass is 702 g/mol. The van der Waals surface area contributed by atoms with Gasteiger partial charge in [0.25, 0.3) is 0 Å². The summed E-state index contributed by atoms with van der Waals surface area (Å²) in [5, 5.41) is 22.8. The number of carbonyl (C=O) groups is 8. The molecule has 4 atom stereocenters. The molecule has 0 rings (SSSR count). The maximum absolute atomic E-state index is 12.5. The number of nitrogens with two attached hydrogens (primary N) is 2. The fraction of sp³-hybridized carbons (Fsp3) is 0.667. The SMILES string of the molecule is CC(=O)C(N)CCC(=O)CC(C[Se][Se]CC(CC(=O)CCC(N)C(C)=O)C(=O)NCC(=O)O)C(=O)NCC(=O)O. The standard InChI is InChI=1S/C24H38N4O10Se2/c1-13(29)19(25)5-3-17(31)7-15(23(37)27-9-21(33)34)11-39-40-12-16(24(38)28-10-22(35)36)8-18(32)4-6-20(26)14(2)30/h15-16,19-20H,3-12,25-26H2,1-2H3,(H,27,37)(H,28,38)(H,33,34)(H,35,36). The first-order chi connectivity index (χ1) is 18.6. The van der Waals surface area contributed by atoms with Crippen LogP contribution in [-0.4, -0.2) is 109 Å². The van der Waals surface area contributed by atoms with Gasteiger partial charge in [-0.15, -0.1) is 0 Å². The van der Waals surface area contributed by atoms with Gasteiger partial charge in [0.1, 0.15) is 0 Å². The van der Waals surface area contributed by atoms with Crippen LogP contribution in [0.3, 0.4) is 0 Å². The normalized spacial score (nSPS) is 13.8. The summed E-state index contributed by atoms with van der Waals surface area (Å²) >= 11 is -0.473. The van der Waals surface area contributed by atoms with E-state index in [9.17, 15) is 38.4 Å². The molecular weight excluding hydrogens is 662 g/mol. The summed E-state index contributed by atoms with van der Waals surface area (Å²) in [6.45, 7) is 1.40. The van der Waals surface area contributed by atoms with Gasteiger partial charge in [-0.3, -0.25) is 0 Å². The van der Waals surface area contributed by atoms with Crippen molar-refractivity contribution < 1.29 is 48.6 Å². The Hall–Kier alpha value is -2.48. The predicted octanol–water partition coefficient (Wildman–Crippen LogP) is -1.91. The Labute approximate surface area is 243 Å². The quantitative estimate of drug-likeness (QED) is 0.0505. The Bertz CT molecular complexity index is 873. The van der Waals surface area contributed by atoms with E-state index in [0.29, 0.717) is 0 Å². The van der Waals surface area contributed by atoms with Crippen molar-refractivity contribution in [1.82, 2.24) is 10.6 Å². The number of ketones is 4. The molecule has 2 amide bonds. The Balaban J connectivity index is 5.18. The fourth-order valence-electron chi connectivity index (χ4n) is 3.12. The first-order valence-electron chi connectivity index (χ1n) is 12.4. The third-order valence-corrected chi connectivity index (χ3v) is 13.0. The van der Waals surface area contributed by atoms with Crippen LogP contribution in [0.25, 0.3) is 0 Å². The Kier molecular flexibility index (Phi) is 19.1. The summed E-state index contributed by atoms with van der Waals surface area (Å²) in [6.07, 6.45) is -0.0846. The number of Topliss-reactive ketones (excluding diaryl/α,β-unsaturated/α-hetero) is 4. The van der Waals surface area contributed by atoms with Crippen molar-refractivity contribution in [3.8, 4) is 0 Å². The summed E-state index contributed by atoms with van der Waals surface area (Å²) in [5.41, 5.74) is 11.3. The zero-order chi connectivity index (χ0) is 30.8. The minimum absolute atomic E-state index is 0.0111.